The molecule has 2 aromatic heterocycles. The number of alkyl halides is 3. The molecule has 0 bridgehead atoms. The number of nitrogens with one attached hydrogen (secondary N) is 3. The molecule has 7 rings (SSSR count). The van der Waals surface area contributed by atoms with Gasteiger partial charge < -0.3 is 35.3 Å². The number of anilines is 2. The molecule has 15 nitrogen and oxygen atoms in total. The Hall–Kier alpha value is -6.61. The number of ether oxygens (including phenoxy) is 1. The quantitative estimate of drug-likeness (QED) is 0.0375. The van der Waals surface area contributed by atoms with Crippen LogP contribution < -0.4 is 21.1 Å². The number of H-pyrrole nitrogens is 1. The minimum Gasteiger partial charge on any atom is -0.391 e. The predicted octanol–water partition coefficient (Wildman–Crippen LogP) is 8.29. The largest absolute Gasteiger partial charge is 0.417 e. The first kappa shape index (κ1) is 56.1. The van der Waals surface area contributed by atoms with E-state index in [1.54, 1.807) is 29.0 Å². The number of likely N-dealkylation sites (tertiary alicyclic amines) is 1. The summed E-state index contributed by atoms with van der Waals surface area (Å²) >= 11 is 1.54. The third-order valence-corrected chi connectivity index (χ3v) is 15.0. The van der Waals surface area contributed by atoms with Crippen LogP contribution in [0.5, 0.6) is 0 Å². The molecule has 2 aliphatic heterocycles. The van der Waals surface area contributed by atoms with E-state index in [1.165, 1.54) is 23.1 Å². The van der Waals surface area contributed by atoms with Crippen LogP contribution in [0.1, 0.15) is 97.8 Å². The zero-order chi connectivity index (χ0) is 54.5. The van der Waals surface area contributed by atoms with E-state index in [0.717, 1.165) is 27.8 Å². The zero-order valence-electron chi connectivity index (χ0n) is 43.0. The molecule has 5 aromatic rings. The molecule has 4 heterocycles. The first-order valence-electron chi connectivity index (χ1n) is 24.8. The number of Topliss-reactive ketones (excluding diaryl/α,β-unsaturated/α-hetero) is 2. The van der Waals surface area contributed by atoms with Crippen molar-refractivity contribution in [3.8, 4) is 21.6 Å². The number of carbonyl (C=O) groups is 5. The SMILES string of the molecule is Cc1ncsc1-c1ccc(CNC(=O)[C@@H]2C[C@@H](O)CN2C(=O)[C@@H](CC(=O)COCCCC(=O)c2ccc(-c3ccc(N4C[C@@H](C)N(C)[C@@H](C)C4)c(NC(=O)c4c[nH]c(=O)cc4C(F)(F)F)c3)c(F)c2)C(C)(C)C)cc1. The summed E-state index contributed by atoms with van der Waals surface area (Å²) in [6, 6.07) is 15.9. The maximum absolute atomic E-state index is 16.0. The lowest BCUT2D eigenvalue weighted by molar-refractivity contribution is -0.146. The number of aryl methyl sites for hydroxylation is 1. The Bertz CT molecular complexity index is 2960. The Morgan fingerprint density at radius 1 is 0.947 bits per heavy atom. The Kier molecular flexibility index (Phi) is 17.6. The average Bonchev–Trinajstić information content (AvgIpc) is 3.98. The number of carbonyl (C=O) groups excluding carboxylic acids is 5. The van der Waals surface area contributed by atoms with Crippen LogP contribution in [-0.2, 0) is 31.8 Å². The highest BCUT2D eigenvalue weighted by Crippen LogP contribution is 2.38. The number of nitrogens with zero attached hydrogens (tertiary/aromatic N) is 4. The number of β-amino-alcohol motifs (C(OH)–C–C–N with tert-alkyl or cyclic N) is 1. The van der Waals surface area contributed by atoms with Crippen LogP contribution in [-0.4, -0.2) is 118 Å². The summed E-state index contributed by atoms with van der Waals surface area (Å²) < 4.78 is 63.5. The van der Waals surface area contributed by atoms with Gasteiger partial charge in [0.05, 0.1) is 44.7 Å². The van der Waals surface area contributed by atoms with Gasteiger partial charge in [-0.05, 0) is 74.5 Å². The smallest absolute Gasteiger partial charge is 0.391 e. The fraction of sp³-hybridized carbons (Fsp3) is 0.436. The number of halogens is 4. The van der Waals surface area contributed by atoms with Crippen LogP contribution in [0.3, 0.4) is 0 Å². The van der Waals surface area contributed by atoms with Gasteiger partial charge in [-0.15, -0.1) is 11.3 Å². The number of thiazole rings is 1. The van der Waals surface area contributed by atoms with Crippen LogP contribution in [0.4, 0.5) is 28.9 Å². The first-order valence-corrected chi connectivity index (χ1v) is 25.7. The molecule has 20 heteroatoms. The Balaban J connectivity index is 0.936. The van der Waals surface area contributed by atoms with Gasteiger partial charge in [-0.2, -0.15) is 13.2 Å². The second-order valence-corrected chi connectivity index (χ2v) is 21.4. The molecule has 2 aliphatic rings. The lowest BCUT2D eigenvalue weighted by Crippen LogP contribution is -2.55. The second-order valence-electron chi connectivity index (χ2n) is 20.6. The van der Waals surface area contributed by atoms with Gasteiger partial charge in [-0.3, -0.25) is 33.7 Å². The molecular formula is C55H63F4N7O8S. The van der Waals surface area contributed by atoms with Crippen molar-refractivity contribution in [3.05, 3.63) is 123 Å². The molecule has 4 N–H and O–H groups in total. The number of pyridine rings is 1. The number of aromatic amines is 1. The molecular weight excluding hydrogens is 995 g/mol. The summed E-state index contributed by atoms with van der Waals surface area (Å²) in [5.41, 5.74) is 1.64. The number of rotatable bonds is 18. The monoisotopic (exact) mass is 1060 g/mol. The summed E-state index contributed by atoms with van der Waals surface area (Å²) in [7, 11) is 1.98. The lowest BCUT2D eigenvalue weighted by Gasteiger charge is -2.44. The van der Waals surface area contributed by atoms with Gasteiger partial charge in [-0.25, -0.2) is 9.37 Å². The fourth-order valence-corrected chi connectivity index (χ4v) is 10.4. The van der Waals surface area contributed by atoms with Gasteiger partial charge in [0, 0.05) is 93.4 Å². The van der Waals surface area contributed by atoms with Crippen molar-refractivity contribution in [1.29, 1.82) is 0 Å². The van der Waals surface area contributed by atoms with Crippen molar-refractivity contribution in [3.63, 3.8) is 0 Å². The van der Waals surface area contributed by atoms with Crippen LogP contribution in [0.15, 0.2) is 83.2 Å². The van der Waals surface area contributed by atoms with E-state index in [-0.39, 0.29) is 92.2 Å². The summed E-state index contributed by atoms with van der Waals surface area (Å²) in [5, 5.41) is 16.1. The second kappa shape index (κ2) is 23.5. The van der Waals surface area contributed by atoms with Gasteiger partial charge in [0.1, 0.15) is 18.5 Å². The number of hydrogen-bond donors (Lipinski definition) is 4. The molecule has 0 spiro atoms. The number of aliphatic hydroxyl groups excluding tert-OH is 1. The topological polar surface area (TPSA) is 194 Å². The molecule has 5 atom stereocenters. The average molecular weight is 1060 g/mol. The third-order valence-electron chi connectivity index (χ3n) is 14.0. The molecule has 2 saturated heterocycles. The van der Waals surface area contributed by atoms with E-state index in [2.05, 4.69) is 25.5 Å². The summed E-state index contributed by atoms with van der Waals surface area (Å²) in [6.45, 7) is 12.3. The number of piperazine rings is 1. The number of amides is 3. The minimum atomic E-state index is -5.00. The molecule has 0 aliphatic carbocycles. The summed E-state index contributed by atoms with van der Waals surface area (Å²) in [5.74, 6) is -4.34. The highest BCUT2D eigenvalue weighted by molar-refractivity contribution is 7.13. The Morgan fingerprint density at radius 3 is 2.28 bits per heavy atom. The van der Waals surface area contributed by atoms with Crippen molar-refractivity contribution in [2.75, 3.05) is 50.1 Å². The molecule has 0 saturated carbocycles. The normalized spacial score (nSPS) is 18.7. The van der Waals surface area contributed by atoms with E-state index < -0.39 is 75.7 Å². The lowest BCUT2D eigenvalue weighted by atomic mass is 9.77. The van der Waals surface area contributed by atoms with Gasteiger partial charge >= 0.3 is 6.18 Å². The van der Waals surface area contributed by atoms with Gasteiger partial charge in [0.15, 0.2) is 11.6 Å². The van der Waals surface area contributed by atoms with Gasteiger partial charge in [0.25, 0.3) is 5.91 Å². The molecule has 75 heavy (non-hydrogen) atoms. The van der Waals surface area contributed by atoms with E-state index in [0.29, 0.717) is 31.0 Å². The Labute approximate surface area is 436 Å². The van der Waals surface area contributed by atoms with E-state index in [9.17, 15) is 47.0 Å². The summed E-state index contributed by atoms with van der Waals surface area (Å²) in [6.07, 6.45) is -5.21. The van der Waals surface area contributed by atoms with Crippen LogP contribution in [0.25, 0.3) is 21.6 Å². The van der Waals surface area contributed by atoms with E-state index in [1.807, 2.05) is 77.8 Å². The van der Waals surface area contributed by atoms with Crippen LogP contribution in [0.2, 0.25) is 0 Å². The fourth-order valence-electron chi connectivity index (χ4n) is 9.57. The minimum absolute atomic E-state index is 0.00951. The molecule has 2 fully saturated rings. The van der Waals surface area contributed by atoms with E-state index in [4.69, 9.17) is 4.74 Å². The van der Waals surface area contributed by atoms with Crippen molar-refractivity contribution >= 4 is 52.0 Å². The third kappa shape index (κ3) is 13.6. The number of ketones is 2. The molecule has 3 aromatic carbocycles. The number of aromatic nitrogens is 2. The highest BCUT2D eigenvalue weighted by atomic mass is 32.1. The number of benzene rings is 3. The Morgan fingerprint density at radius 2 is 1.64 bits per heavy atom. The van der Waals surface area contributed by atoms with Crippen molar-refractivity contribution in [2.24, 2.45) is 11.3 Å². The summed E-state index contributed by atoms with van der Waals surface area (Å²) in [4.78, 5) is 92.6. The predicted molar refractivity (Wildman–Crippen MR) is 278 cm³/mol. The molecule has 0 unspecified atom stereocenters. The standard InChI is InChI=1S/C55H63F4N7O8S/c1-31-26-65(27-32(2)64(31)7)46-17-15-36(20-45(46)63-51(71)41-25-60-49(70)23-42(41)55(57,58)59)40-16-14-37(19-44(40)56)48(69)9-8-18-74-29-39(68)21-43(54(4,5)6)53(73)66-28-38(67)22-47(66)52(72)61-24-34-10-12-35(13-11-34)50-33(3)62-30-75-50/h10-17,19-20,23,25,30-32,38,43,47,67H,8-9,18,21-22,24,26-29H2,1-7H3,(H,60,70)(H,61,72)(H,63,71)/t31-,32+,38-,43-,47+/m1/s1. The molecule has 400 valence electrons. The van der Waals surface area contributed by atoms with Crippen molar-refractivity contribution in [1.82, 2.24) is 25.1 Å². The number of likely N-dealkylation sites (N-methyl/N-ethyl adjacent to an activating group) is 1. The highest BCUT2D eigenvalue weighted by Gasteiger charge is 2.44. The molecule has 0 radical (unpaired) electrons. The maximum Gasteiger partial charge on any atom is 0.417 e. The van der Waals surface area contributed by atoms with Gasteiger partial charge in [0.2, 0.25) is 17.4 Å². The zero-order valence-corrected chi connectivity index (χ0v) is 43.8. The van der Waals surface area contributed by atoms with Crippen molar-refractivity contribution in [2.45, 2.75) is 104 Å². The van der Waals surface area contributed by atoms with Crippen LogP contribution >= 0.6 is 11.3 Å². The first-order chi connectivity index (χ1) is 35.4. The van der Waals surface area contributed by atoms with E-state index >= 15 is 4.39 Å². The molecule has 3 amide bonds. The number of hydrogen-bond acceptors (Lipinski definition) is 12. The van der Waals surface area contributed by atoms with Crippen LogP contribution in [0, 0.1) is 24.1 Å². The maximum atomic E-state index is 16.0. The number of aliphatic hydroxyl groups is 1. The van der Waals surface area contributed by atoms with Gasteiger partial charge in [-0.1, -0.05) is 63.2 Å². The van der Waals surface area contributed by atoms with Crippen molar-refractivity contribution < 1.29 is 51.4 Å².